The van der Waals surface area contributed by atoms with E-state index in [1.54, 1.807) is 0 Å². The molecule has 11 heavy (non-hydrogen) atoms. The van der Waals surface area contributed by atoms with Crippen LogP contribution in [0, 0.1) is 0 Å². The van der Waals surface area contributed by atoms with Crippen LogP contribution in [0.1, 0.15) is 27.7 Å². The van der Waals surface area contributed by atoms with Crippen molar-refractivity contribution in [2.75, 3.05) is 0 Å². The Morgan fingerprint density at radius 3 is 1.45 bits per heavy atom. The summed E-state index contributed by atoms with van der Waals surface area (Å²) in [4.78, 5) is 0. The molecule has 0 aliphatic carbocycles. The van der Waals surface area contributed by atoms with Crippen molar-refractivity contribution < 1.29 is 0 Å². The van der Waals surface area contributed by atoms with Gasteiger partial charge in [-0.05, 0) is 19.9 Å². The van der Waals surface area contributed by atoms with Gasteiger partial charge in [-0.15, -0.1) is 13.2 Å². The molecule has 0 saturated carbocycles. The summed E-state index contributed by atoms with van der Waals surface area (Å²) in [5.41, 5.74) is 7.11. The summed E-state index contributed by atoms with van der Waals surface area (Å²) in [7, 11) is 0. The molecule has 0 aromatic carbocycles. The fourth-order valence-corrected chi connectivity index (χ4v) is 0.389. The SMILES string of the molecule is C=C.C=C(C)/C=C(\C)N.CC. The number of nitrogens with two attached hydrogens (primary N) is 1. The fraction of sp³-hybridized carbons (Fsp3) is 0.400. The largest absolute Gasteiger partial charge is 0.402 e. The van der Waals surface area contributed by atoms with E-state index >= 15 is 0 Å². The summed E-state index contributed by atoms with van der Waals surface area (Å²) in [5, 5.41) is 0. The maximum absolute atomic E-state index is 5.29. The summed E-state index contributed by atoms with van der Waals surface area (Å²) in [5.74, 6) is 0. The van der Waals surface area contributed by atoms with Gasteiger partial charge in [0.15, 0.2) is 0 Å². The van der Waals surface area contributed by atoms with Gasteiger partial charge in [-0.25, -0.2) is 0 Å². The molecule has 66 valence electrons. The minimum absolute atomic E-state index is 0.813. The Balaban J connectivity index is -0.000000138. The Hall–Kier alpha value is -0.980. The van der Waals surface area contributed by atoms with Crippen molar-refractivity contribution in [2.24, 2.45) is 5.73 Å². The highest BCUT2D eigenvalue weighted by molar-refractivity contribution is 5.14. The van der Waals surface area contributed by atoms with E-state index in [-0.39, 0.29) is 0 Å². The third-order valence-corrected chi connectivity index (χ3v) is 0.474. The van der Waals surface area contributed by atoms with Crippen molar-refractivity contribution >= 4 is 0 Å². The molecule has 1 heteroatoms. The van der Waals surface area contributed by atoms with Crippen LogP contribution in [0.3, 0.4) is 0 Å². The summed E-state index contributed by atoms with van der Waals surface area (Å²) in [6.07, 6.45) is 1.83. The van der Waals surface area contributed by atoms with Gasteiger partial charge in [0.1, 0.15) is 0 Å². The van der Waals surface area contributed by atoms with Crippen molar-refractivity contribution in [1.29, 1.82) is 0 Å². The van der Waals surface area contributed by atoms with Gasteiger partial charge < -0.3 is 5.73 Å². The Labute approximate surface area is 71.3 Å². The monoisotopic (exact) mass is 155 g/mol. The first kappa shape index (κ1) is 16.5. The highest BCUT2D eigenvalue weighted by atomic mass is 14.5. The Morgan fingerprint density at radius 1 is 1.18 bits per heavy atom. The van der Waals surface area contributed by atoms with Crippen molar-refractivity contribution in [2.45, 2.75) is 27.7 Å². The van der Waals surface area contributed by atoms with E-state index in [1.807, 2.05) is 33.8 Å². The third kappa shape index (κ3) is 48.7. The predicted molar refractivity (Wildman–Crippen MR) is 55.4 cm³/mol. The summed E-state index contributed by atoms with van der Waals surface area (Å²) >= 11 is 0. The molecule has 0 aromatic rings. The molecular formula is C10H21N. The second kappa shape index (κ2) is 16.0. The zero-order valence-electron chi connectivity index (χ0n) is 8.28. The summed E-state index contributed by atoms with van der Waals surface area (Å²) in [6, 6.07) is 0. The lowest BCUT2D eigenvalue weighted by Crippen LogP contribution is -1.88. The molecule has 0 aliphatic heterocycles. The second-order valence-electron chi connectivity index (χ2n) is 1.73. The van der Waals surface area contributed by atoms with E-state index in [4.69, 9.17) is 5.73 Å². The molecule has 0 bridgehead atoms. The predicted octanol–water partition coefficient (Wildman–Crippen LogP) is 3.25. The number of hydrogen-bond acceptors (Lipinski definition) is 1. The van der Waals surface area contributed by atoms with Crippen LogP contribution >= 0.6 is 0 Å². The Morgan fingerprint density at radius 2 is 1.45 bits per heavy atom. The van der Waals surface area contributed by atoms with Crippen molar-refractivity contribution in [1.82, 2.24) is 0 Å². The zero-order valence-corrected chi connectivity index (χ0v) is 8.28. The molecule has 0 radical (unpaired) electrons. The number of rotatable bonds is 1. The van der Waals surface area contributed by atoms with Gasteiger partial charge in [0.05, 0.1) is 0 Å². The van der Waals surface area contributed by atoms with Crippen LogP contribution in [-0.4, -0.2) is 0 Å². The lowest BCUT2D eigenvalue weighted by atomic mass is 10.3. The van der Waals surface area contributed by atoms with E-state index in [1.165, 1.54) is 0 Å². The van der Waals surface area contributed by atoms with Crippen molar-refractivity contribution in [3.05, 3.63) is 37.1 Å². The van der Waals surface area contributed by atoms with Crippen LogP contribution < -0.4 is 5.73 Å². The number of allylic oxidation sites excluding steroid dienone is 3. The second-order valence-corrected chi connectivity index (χ2v) is 1.73. The quantitative estimate of drug-likeness (QED) is 0.456. The maximum atomic E-state index is 5.29. The van der Waals surface area contributed by atoms with Gasteiger partial charge in [0, 0.05) is 5.70 Å². The lowest BCUT2D eigenvalue weighted by molar-refractivity contribution is 1.29. The van der Waals surface area contributed by atoms with Crippen molar-refractivity contribution in [3.8, 4) is 0 Å². The highest BCUT2D eigenvalue weighted by Gasteiger charge is 1.74. The van der Waals surface area contributed by atoms with E-state index in [0.717, 1.165) is 11.3 Å². The molecule has 0 atom stereocenters. The Kier molecular flexibility index (Phi) is 24.1. The fourth-order valence-electron chi connectivity index (χ4n) is 0.389. The van der Waals surface area contributed by atoms with E-state index in [2.05, 4.69) is 19.7 Å². The van der Waals surface area contributed by atoms with Crippen molar-refractivity contribution in [3.63, 3.8) is 0 Å². The van der Waals surface area contributed by atoms with Crippen LogP contribution in [0.15, 0.2) is 37.1 Å². The van der Waals surface area contributed by atoms with Gasteiger partial charge in [0.25, 0.3) is 0 Å². The van der Waals surface area contributed by atoms with Crippen LogP contribution in [0.4, 0.5) is 0 Å². The normalized spacial score (nSPS) is 8.18. The maximum Gasteiger partial charge on any atom is 0.00513 e. The molecule has 0 rings (SSSR count). The molecule has 1 nitrogen and oxygen atoms in total. The smallest absolute Gasteiger partial charge is 0.00513 e. The van der Waals surface area contributed by atoms with E-state index in [0.29, 0.717) is 0 Å². The molecule has 0 fully saturated rings. The number of hydrogen-bond donors (Lipinski definition) is 1. The van der Waals surface area contributed by atoms with Gasteiger partial charge >= 0.3 is 0 Å². The van der Waals surface area contributed by atoms with Gasteiger partial charge in [-0.1, -0.05) is 26.0 Å². The first-order valence-corrected chi connectivity index (χ1v) is 3.72. The van der Waals surface area contributed by atoms with Gasteiger partial charge in [-0.3, -0.25) is 0 Å². The average Bonchev–Trinajstić information content (AvgIpc) is 1.93. The third-order valence-electron chi connectivity index (χ3n) is 0.474. The lowest BCUT2D eigenvalue weighted by Gasteiger charge is -1.86. The molecule has 0 aliphatic rings. The standard InChI is InChI=1S/C6H11N.C2H6.C2H4/c1-5(2)4-6(3)7;2*1-2/h4H,1,7H2,2-3H3;1-2H3;1-2H2/b6-4+;;. The minimum Gasteiger partial charge on any atom is -0.402 e. The Bertz CT molecular complexity index is 108. The topological polar surface area (TPSA) is 26.0 Å². The molecule has 0 unspecified atom stereocenters. The molecule has 2 N–H and O–H groups in total. The summed E-state index contributed by atoms with van der Waals surface area (Å²) < 4.78 is 0. The molecule has 0 heterocycles. The van der Waals surface area contributed by atoms with E-state index in [9.17, 15) is 0 Å². The van der Waals surface area contributed by atoms with Crippen LogP contribution in [0.25, 0.3) is 0 Å². The average molecular weight is 155 g/mol. The highest BCUT2D eigenvalue weighted by Crippen LogP contribution is 1.90. The minimum atomic E-state index is 0.813. The van der Waals surface area contributed by atoms with Crippen LogP contribution in [0.5, 0.6) is 0 Å². The first-order chi connectivity index (χ1) is 5.13. The first-order valence-electron chi connectivity index (χ1n) is 3.72. The molecule has 0 saturated heterocycles. The molecule has 0 amide bonds. The molecule has 0 spiro atoms. The van der Waals surface area contributed by atoms with E-state index < -0.39 is 0 Å². The zero-order chi connectivity index (χ0) is 9.86. The van der Waals surface area contributed by atoms with Gasteiger partial charge in [0.2, 0.25) is 0 Å². The molecule has 0 aromatic heterocycles. The van der Waals surface area contributed by atoms with Gasteiger partial charge in [-0.2, -0.15) is 0 Å². The van der Waals surface area contributed by atoms with Crippen LogP contribution in [-0.2, 0) is 0 Å². The van der Waals surface area contributed by atoms with Crippen LogP contribution in [0.2, 0.25) is 0 Å². The molecular weight excluding hydrogens is 134 g/mol. The summed E-state index contributed by atoms with van der Waals surface area (Å²) in [6.45, 7) is 17.4.